The van der Waals surface area contributed by atoms with Crippen LogP contribution < -0.4 is 16.6 Å². The fraction of sp³-hybridized carbons (Fsp3) is 0.357. The lowest BCUT2D eigenvalue weighted by molar-refractivity contribution is 0.221. The third-order valence-corrected chi connectivity index (χ3v) is 4.59. The highest BCUT2D eigenvalue weighted by Crippen LogP contribution is 2.50. The topological polar surface area (TPSA) is 98.0 Å². The summed E-state index contributed by atoms with van der Waals surface area (Å²) in [5, 5.41) is 0. The Balaban J connectivity index is 2.38. The van der Waals surface area contributed by atoms with Crippen LogP contribution in [0.25, 0.3) is 5.70 Å². The molecule has 0 amide bonds. The van der Waals surface area contributed by atoms with E-state index in [0.717, 1.165) is 5.56 Å². The number of hydrazine groups is 1. The summed E-state index contributed by atoms with van der Waals surface area (Å²) in [6.45, 7) is 4.29. The zero-order valence-corrected chi connectivity index (χ0v) is 13.6. The summed E-state index contributed by atoms with van der Waals surface area (Å²) in [6, 6.07) is 9.58. The molecule has 0 bridgehead atoms. The lowest BCUT2D eigenvalue weighted by Gasteiger charge is -2.23. The van der Waals surface area contributed by atoms with E-state index in [1.54, 1.807) is 13.8 Å². The summed E-state index contributed by atoms with van der Waals surface area (Å²) in [4.78, 5) is 0. The number of benzene rings is 1. The van der Waals surface area contributed by atoms with Gasteiger partial charge in [-0.25, -0.2) is 9.99 Å². The lowest BCUT2D eigenvalue weighted by atomic mass is 10.1. The number of hydrogen-bond acceptors (Lipinski definition) is 6. The maximum Gasteiger partial charge on any atom is 0.454 e. The molecule has 0 atom stereocenters. The number of rotatable bonds is 6. The van der Waals surface area contributed by atoms with Crippen LogP contribution in [-0.2, 0) is 13.6 Å². The van der Waals surface area contributed by atoms with E-state index in [9.17, 15) is 4.57 Å². The molecule has 1 aromatic rings. The highest BCUT2D eigenvalue weighted by molar-refractivity contribution is 7.52. The molecular formula is C14H21N4O3P. The van der Waals surface area contributed by atoms with Crippen molar-refractivity contribution in [2.45, 2.75) is 13.8 Å². The molecule has 0 saturated heterocycles. The van der Waals surface area contributed by atoms with Gasteiger partial charge in [0.2, 0.25) is 0 Å². The van der Waals surface area contributed by atoms with Crippen LogP contribution in [0.5, 0.6) is 0 Å². The van der Waals surface area contributed by atoms with Gasteiger partial charge in [0.15, 0.2) is 0 Å². The number of nitrogens with zero attached hydrogens (tertiary/aromatic N) is 1. The predicted molar refractivity (Wildman–Crippen MR) is 87.0 cm³/mol. The number of hydrogen-bond donors (Lipinski definition) is 3. The summed E-state index contributed by atoms with van der Waals surface area (Å²) in [5.41, 5.74) is 14.6. The van der Waals surface area contributed by atoms with E-state index < -0.39 is 7.75 Å². The highest BCUT2D eigenvalue weighted by Gasteiger charge is 2.26. The van der Waals surface area contributed by atoms with Crippen molar-refractivity contribution >= 4 is 19.2 Å². The monoisotopic (exact) mass is 324 g/mol. The van der Waals surface area contributed by atoms with Gasteiger partial charge in [-0.15, -0.1) is 0 Å². The first-order valence-corrected chi connectivity index (χ1v) is 8.61. The predicted octanol–water partition coefficient (Wildman–Crippen LogP) is 2.04. The average molecular weight is 324 g/mol. The van der Waals surface area contributed by atoms with Gasteiger partial charge in [-0.2, -0.15) is 4.76 Å². The second kappa shape index (κ2) is 7.56. The van der Waals surface area contributed by atoms with Crippen LogP contribution in [0.1, 0.15) is 19.4 Å². The van der Waals surface area contributed by atoms with Crippen molar-refractivity contribution in [3.8, 4) is 0 Å². The van der Waals surface area contributed by atoms with E-state index in [0.29, 0.717) is 23.7 Å². The zero-order chi connectivity index (χ0) is 16.0. The van der Waals surface area contributed by atoms with E-state index in [2.05, 4.69) is 15.6 Å². The van der Waals surface area contributed by atoms with Gasteiger partial charge in [0.1, 0.15) is 0 Å². The fourth-order valence-corrected chi connectivity index (χ4v) is 3.33. The Bertz CT molecular complexity index is 606. The van der Waals surface area contributed by atoms with Crippen LogP contribution in [0.3, 0.4) is 0 Å². The largest absolute Gasteiger partial charge is 0.454 e. The standard InChI is InChI=1S/C14H21N4O3P/c1-3-20-22(19,21-4-2)18-12-10-16-17-14(13(12)15)11-8-6-5-7-9-11/h5-9,16-17H,3-4,10,15H2,1-2H3/b18-12+. The summed E-state index contributed by atoms with van der Waals surface area (Å²) >= 11 is 0. The Morgan fingerprint density at radius 1 is 1.23 bits per heavy atom. The van der Waals surface area contributed by atoms with Gasteiger partial charge in [0, 0.05) is 5.56 Å². The van der Waals surface area contributed by atoms with E-state index in [1.807, 2.05) is 30.3 Å². The summed E-state index contributed by atoms with van der Waals surface area (Å²) in [5.74, 6) is 0. The van der Waals surface area contributed by atoms with Crippen molar-refractivity contribution < 1.29 is 13.6 Å². The first-order valence-electron chi connectivity index (χ1n) is 7.12. The third kappa shape index (κ3) is 3.96. The molecule has 8 heteroatoms. The first-order chi connectivity index (χ1) is 10.6. The molecule has 1 aliphatic rings. The highest BCUT2D eigenvalue weighted by atomic mass is 31.2. The van der Waals surface area contributed by atoms with Gasteiger partial charge in [-0.1, -0.05) is 30.3 Å². The minimum Gasteiger partial charge on any atom is -0.395 e. The van der Waals surface area contributed by atoms with E-state index in [4.69, 9.17) is 14.8 Å². The van der Waals surface area contributed by atoms with Crippen LogP contribution in [0, 0.1) is 0 Å². The average Bonchev–Trinajstić information content (AvgIpc) is 2.51. The summed E-state index contributed by atoms with van der Waals surface area (Å²) in [7, 11) is -3.54. The van der Waals surface area contributed by atoms with Crippen LogP contribution in [0.4, 0.5) is 0 Å². The van der Waals surface area contributed by atoms with Gasteiger partial charge < -0.3 is 11.2 Å². The maximum absolute atomic E-state index is 12.5. The molecule has 7 nitrogen and oxygen atoms in total. The van der Waals surface area contributed by atoms with E-state index >= 15 is 0 Å². The second-order valence-corrected chi connectivity index (χ2v) is 6.14. The minimum atomic E-state index is -3.54. The molecule has 0 saturated carbocycles. The van der Waals surface area contributed by atoms with E-state index in [-0.39, 0.29) is 13.2 Å². The van der Waals surface area contributed by atoms with Crippen LogP contribution in [0.2, 0.25) is 0 Å². The molecule has 2 rings (SSSR count). The third-order valence-electron chi connectivity index (χ3n) is 2.94. The maximum atomic E-state index is 12.5. The van der Waals surface area contributed by atoms with Crippen molar-refractivity contribution in [2.75, 3.05) is 19.8 Å². The number of nitrogens with two attached hydrogens (primary N) is 1. The number of nitrogens with one attached hydrogen (secondary N) is 2. The quantitative estimate of drug-likeness (QED) is 0.693. The van der Waals surface area contributed by atoms with Gasteiger partial charge >= 0.3 is 7.75 Å². The van der Waals surface area contributed by atoms with Crippen molar-refractivity contribution in [1.82, 2.24) is 10.9 Å². The molecule has 0 radical (unpaired) electrons. The van der Waals surface area contributed by atoms with Gasteiger partial charge in [-0.05, 0) is 13.8 Å². The molecule has 120 valence electrons. The Morgan fingerprint density at radius 2 is 1.86 bits per heavy atom. The molecule has 1 heterocycles. The van der Waals surface area contributed by atoms with E-state index in [1.165, 1.54) is 0 Å². The Labute approximate surface area is 130 Å². The molecule has 0 aromatic heterocycles. The zero-order valence-electron chi connectivity index (χ0n) is 12.7. The lowest BCUT2D eigenvalue weighted by Crippen LogP contribution is -2.43. The fourth-order valence-electron chi connectivity index (χ4n) is 2.01. The molecule has 1 aliphatic heterocycles. The smallest absolute Gasteiger partial charge is 0.395 e. The molecule has 0 spiro atoms. The van der Waals surface area contributed by atoms with Crippen molar-refractivity contribution in [3.05, 3.63) is 41.6 Å². The second-order valence-electron chi connectivity index (χ2n) is 4.48. The van der Waals surface area contributed by atoms with Crippen molar-refractivity contribution in [2.24, 2.45) is 10.5 Å². The molecule has 0 aliphatic carbocycles. The Hall–Kier alpha value is -1.66. The minimum absolute atomic E-state index is 0.245. The Morgan fingerprint density at radius 3 is 2.45 bits per heavy atom. The van der Waals surface area contributed by atoms with Crippen molar-refractivity contribution in [1.29, 1.82) is 0 Å². The molecule has 0 unspecified atom stereocenters. The van der Waals surface area contributed by atoms with Crippen LogP contribution in [-0.4, -0.2) is 25.5 Å². The van der Waals surface area contributed by atoms with Crippen LogP contribution >= 0.6 is 7.75 Å². The first kappa shape index (κ1) is 16.7. The van der Waals surface area contributed by atoms with Gasteiger partial charge in [0.25, 0.3) is 0 Å². The van der Waals surface area contributed by atoms with Crippen LogP contribution in [0.15, 0.2) is 40.8 Å². The van der Waals surface area contributed by atoms with Crippen molar-refractivity contribution in [3.63, 3.8) is 0 Å². The summed E-state index contributed by atoms with van der Waals surface area (Å²) in [6.07, 6.45) is 0. The molecule has 0 fully saturated rings. The molecular weight excluding hydrogens is 303 g/mol. The molecule has 1 aromatic carbocycles. The summed E-state index contributed by atoms with van der Waals surface area (Å²) < 4.78 is 27.0. The normalized spacial score (nSPS) is 17.6. The van der Waals surface area contributed by atoms with Gasteiger partial charge in [-0.3, -0.25) is 9.05 Å². The Kier molecular flexibility index (Phi) is 5.74. The molecule has 22 heavy (non-hydrogen) atoms. The SMILES string of the molecule is CCOP(=O)(/N=C1\CNNC(c2ccccc2)=C1N)OCC. The van der Waals surface area contributed by atoms with Gasteiger partial charge in [0.05, 0.1) is 36.9 Å². The molecule has 4 N–H and O–H groups in total.